The molecular weight excluding hydrogens is 248 g/mol. The van der Waals surface area contributed by atoms with Gasteiger partial charge in [0.25, 0.3) is 5.91 Å². The first-order chi connectivity index (χ1) is 8.81. The summed E-state index contributed by atoms with van der Waals surface area (Å²) in [6.45, 7) is 0.734. The zero-order valence-corrected chi connectivity index (χ0v) is 11.0. The third-order valence-corrected chi connectivity index (χ3v) is 4.16. The number of amides is 1. The summed E-state index contributed by atoms with van der Waals surface area (Å²) in [5.41, 5.74) is 3.60. The van der Waals surface area contributed by atoms with Gasteiger partial charge in [0.15, 0.2) is 0 Å². The second-order valence-electron chi connectivity index (χ2n) is 4.33. The number of pyridine rings is 1. The van der Waals surface area contributed by atoms with E-state index in [-0.39, 0.29) is 5.91 Å². The van der Waals surface area contributed by atoms with Crippen molar-refractivity contribution in [2.24, 2.45) is 11.8 Å². The summed E-state index contributed by atoms with van der Waals surface area (Å²) in [4.78, 5) is 16.0. The SMILES string of the molecule is NNc1ccncc1C(=O)NCC1CCSCC1. The predicted octanol–water partition coefficient (Wildman–Crippen LogP) is 1.24. The van der Waals surface area contributed by atoms with Gasteiger partial charge in [-0.1, -0.05) is 0 Å². The highest BCUT2D eigenvalue weighted by molar-refractivity contribution is 7.99. The fraction of sp³-hybridized carbons (Fsp3) is 0.500. The van der Waals surface area contributed by atoms with E-state index in [1.54, 1.807) is 12.3 Å². The van der Waals surface area contributed by atoms with Gasteiger partial charge in [-0.25, -0.2) is 0 Å². The Morgan fingerprint density at radius 1 is 1.50 bits per heavy atom. The van der Waals surface area contributed by atoms with Crippen LogP contribution >= 0.6 is 11.8 Å². The van der Waals surface area contributed by atoms with Crippen molar-refractivity contribution < 1.29 is 4.79 Å². The number of nitrogen functional groups attached to an aromatic ring is 1. The van der Waals surface area contributed by atoms with Crippen LogP contribution in [0.25, 0.3) is 0 Å². The number of carbonyl (C=O) groups excluding carboxylic acids is 1. The molecule has 0 atom stereocenters. The summed E-state index contributed by atoms with van der Waals surface area (Å²) in [5, 5.41) is 2.96. The van der Waals surface area contributed by atoms with Crippen molar-refractivity contribution in [1.29, 1.82) is 0 Å². The molecule has 5 nitrogen and oxygen atoms in total. The van der Waals surface area contributed by atoms with Crippen LogP contribution in [0.15, 0.2) is 18.5 Å². The Kier molecular flexibility index (Phi) is 4.83. The number of nitrogens with one attached hydrogen (secondary N) is 2. The van der Waals surface area contributed by atoms with Gasteiger partial charge in [0.05, 0.1) is 11.3 Å². The first-order valence-corrected chi connectivity index (χ1v) is 7.23. The van der Waals surface area contributed by atoms with Gasteiger partial charge >= 0.3 is 0 Å². The molecule has 1 aliphatic heterocycles. The monoisotopic (exact) mass is 266 g/mol. The van der Waals surface area contributed by atoms with Crippen molar-refractivity contribution >= 4 is 23.4 Å². The molecule has 0 radical (unpaired) electrons. The maximum Gasteiger partial charge on any atom is 0.255 e. The summed E-state index contributed by atoms with van der Waals surface area (Å²) in [6.07, 6.45) is 5.49. The van der Waals surface area contributed by atoms with Gasteiger partial charge in [-0.2, -0.15) is 11.8 Å². The number of thioether (sulfide) groups is 1. The number of nitrogens with zero attached hydrogens (tertiary/aromatic N) is 1. The van der Waals surface area contributed by atoms with E-state index in [0.29, 0.717) is 17.2 Å². The van der Waals surface area contributed by atoms with Crippen LogP contribution in [0.2, 0.25) is 0 Å². The number of hydrogen-bond acceptors (Lipinski definition) is 5. The average Bonchev–Trinajstić information content (AvgIpc) is 2.45. The van der Waals surface area contributed by atoms with Gasteiger partial charge in [-0.3, -0.25) is 15.6 Å². The van der Waals surface area contributed by atoms with E-state index in [0.717, 1.165) is 6.54 Å². The first-order valence-electron chi connectivity index (χ1n) is 6.08. The summed E-state index contributed by atoms with van der Waals surface area (Å²) < 4.78 is 0. The highest BCUT2D eigenvalue weighted by Crippen LogP contribution is 2.22. The maximum atomic E-state index is 12.0. The lowest BCUT2D eigenvalue weighted by molar-refractivity contribution is 0.0947. The van der Waals surface area contributed by atoms with Gasteiger partial charge in [0.2, 0.25) is 0 Å². The molecule has 0 aliphatic carbocycles. The minimum Gasteiger partial charge on any atom is -0.352 e. The van der Waals surface area contributed by atoms with Crippen LogP contribution in [0.1, 0.15) is 23.2 Å². The molecule has 18 heavy (non-hydrogen) atoms. The third kappa shape index (κ3) is 3.36. The number of carbonyl (C=O) groups is 1. The molecule has 0 bridgehead atoms. The van der Waals surface area contributed by atoms with Crippen LogP contribution in [-0.2, 0) is 0 Å². The average molecular weight is 266 g/mol. The molecule has 6 heteroatoms. The quantitative estimate of drug-likeness (QED) is 0.564. The summed E-state index contributed by atoms with van der Waals surface area (Å²) in [6, 6.07) is 1.69. The molecule has 0 spiro atoms. The summed E-state index contributed by atoms with van der Waals surface area (Å²) in [7, 11) is 0. The molecule has 4 N–H and O–H groups in total. The van der Waals surface area contributed by atoms with E-state index in [1.165, 1.54) is 30.5 Å². The van der Waals surface area contributed by atoms with E-state index < -0.39 is 0 Å². The van der Waals surface area contributed by atoms with Crippen molar-refractivity contribution in [3.05, 3.63) is 24.0 Å². The smallest absolute Gasteiger partial charge is 0.255 e. The van der Waals surface area contributed by atoms with Crippen LogP contribution in [0.3, 0.4) is 0 Å². The number of hydrogen-bond donors (Lipinski definition) is 3. The normalized spacial score (nSPS) is 16.3. The van der Waals surface area contributed by atoms with Crippen molar-refractivity contribution in [3.63, 3.8) is 0 Å². The third-order valence-electron chi connectivity index (χ3n) is 3.11. The predicted molar refractivity (Wildman–Crippen MR) is 74.4 cm³/mol. The minimum atomic E-state index is -0.116. The van der Waals surface area contributed by atoms with Gasteiger partial charge in [-0.05, 0) is 36.3 Å². The molecule has 1 fully saturated rings. The minimum absolute atomic E-state index is 0.116. The van der Waals surface area contributed by atoms with Crippen molar-refractivity contribution in [2.45, 2.75) is 12.8 Å². The second-order valence-corrected chi connectivity index (χ2v) is 5.56. The molecule has 1 aromatic rings. The number of anilines is 1. The molecule has 1 aliphatic rings. The highest BCUT2D eigenvalue weighted by atomic mass is 32.2. The highest BCUT2D eigenvalue weighted by Gasteiger charge is 2.16. The standard InChI is InChI=1S/C12H18N4OS/c13-16-11-1-4-14-8-10(11)12(17)15-7-9-2-5-18-6-3-9/h1,4,8-9H,2-3,5-7,13H2,(H,14,16)(H,15,17). The van der Waals surface area contributed by atoms with Crippen molar-refractivity contribution in [1.82, 2.24) is 10.3 Å². The van der Waals surface area contributed by atoms with E-state index in [4.69, 9.17) is 5.84 Å². The largest absolute Gasteiger partial charge is 0.352 e. The van der Waals surface area contributed by atoms with Gasteiger partial charge in [0.1, 0.15) is 0 Å². The Hall–Kier alpha value is -1.27. The maximum absolute atomic E-state index is 12.0. The Balaban J connectivity index is 1.90. The summed E-state index contributed by atoms with van der Waals surface area (Å²) in [5.74, 6) is 8.24. The number of aromatic nitrogens is 1. The molecule has 0 unspecified atom stereocenters. The van der Waals surface area contributed by atoms with E-state index in [1.807, 2.05) is 11.8 Å². The van der Waals surface area contributed by atoms with Crippen LogP contribution < -0.4 is 16.6 Å². The van der Waals surface area contributed by atoms with E-state index in [9.17, 15) is 4.79 Å². The lowest BCUT2D eigenvalue weighted by atomic mass is 10.0. The number of hydrazine groups is 1. The van der Waals surface area contributed by atoms with E-state index in [2.05, 4.69) is 15.7 Å². The zero-order valence-electron chi connectivity index (χ0n) is 10.2. The second kappa shape index (κ2) is 6.61. The number of nitrogens with two attached hydrogens (primary N) is 1. The zero-order chi connectivity index (χ0) is 12.8. The topological polar surface area (TPSA) is 80.0 Å². The molecule has 0 saturated carbocycles. The van der Waals surface area contributed by atoms with Crippen LogP contribution in [-0.4, -0.2) is 28.9 Å². The van der Waals surface area contributed by atoms with Gasteiger partial charge in [-0.15, -0.1) is 0 Å². The summed E-state index contributed by atoms with van der Waals surface area (Å²) >= 11 is 1.99. The number of rotatable bonds is 4. The van der Waals surface area contributed by atoms with Crippen LogP contribution in [0.5, 0.6) is 0 Å². The molecular formula is C12H18N4OS. The molecule has 1 amide bonds. The Morgan fingerprint density at radius 3 is 3.00 bits per heavy atom. The fourth-order valence-electron chi connectivity index (χ4n) is 1.98. The van der Waals surface area contributed by atoms with Gasteiger partial charge < -0.3 is 10.7 Å². The Morgan fingerprint density at radius 2 is 2.28 bits per heavy atom. The molecule has 1 aromatic heterocycles. The molecule has 2 heterocycles. The van der Waals surface area contributed by atoms with Gasteiger partial charge in [0, 0.05) is 18.9 Å². The molecule has 0 aromatic carbocycles. The Bertz CT molecular complexity index is 407. The molecule has 98 valence electrons. The molecule has 1 saturated heterocycles. The Labute approximate surface area is 111 Å². The van der Waals surface area contributed by atoms with Crippen LogP contribution in [0, 0.1) is 5.92 Å². The lowest BCUT2D eigenvalue weighted by Crippen LogP contribution is -2.31. The lowest BCUT2D eigenvalue weighted by Gasteiger charge is -2.21. The van der Waals surface area contributed by atoms with Crippen molar-refractivity contribution in [2.75, 3.05) is 23.5 Å². The van der Waals surface area contributed by atoms with Crippen LogP contribution in [0.4, 0.5) is 5.69 Å². The van der Waals surface area contributed by atoms with E-state index >= 15 is 0 Å². The molecule has 2 rings (SSSR count). The fourth-order valence-corrected chi connectivity index (χ4v) is 3.19. The van der Waals surface area contributed by atoms with Crippen molar-refractivity contribution in [3.8, 4) is 0 Å². The first kappa shape index (κ1) is 13.2.